The summed E-state index contributed by atoms with van der Waals surface area (Å²) >= 11 is 0. The van der Waals surface area contributed by atoms with E-state index in [1.807, 2.05) is 57.2 Å². The minimum atomic E-state index is -3.55. The van der Waals surface area contributed by atoms with Gasteiger partial charge in [0.2, 0.25) is 21.8 Å². The molecule has 40 heavy (non-hydrogen) atoms. The van der Waals surface area contributed by atoms with E-state index in [-0.39, 0.29) is 37.4 Å². The molecule has 2 amide bonds. The highest BCUT2D eigenvalue weighted by molar-refractivity contribution is 7.92. The molecule has 1 unspecified atom stereocenters. The van der Waals surface area contributed by atoms with Crippen molar-refractivity contribution in [3.63, 3.8) is 0 Å². The van der Waals surface area contributed by atoms with Crippen LogP contribution in [0.25, 0.3) is 0 Å². The second-order valence-corrected chi connectivity index (χ2v) is 12.7. The van der Waals surface area contributed by atoms with Gasteiger partial charge in [-0.15, -0.1) is 0 Å². The van der Waals surface area contributed by atoms with Crippen LogP contribution in [0.4, 0.5) is 5.69 Å². The summed E-state index contributed by atoms with van der Waals surface area (Å²) in [6.07, 6.45) is 7.44. The van der Waals surface area contributed by atoms with E-state index in [0.717, 1.165) is 42.4 Å². The van der Waals surface area contributed by atoms with Gasteiger partial charge in [-0.05, 0) is 74.4 Å². The van der Waals surface area contributed by atoms with Crippen molar-refractivity contribution in [2.75, 3.05) is 24.2 Å². The van der Waals surface area contributed by atoms with Crippen molar-refractivity contribution in [1.29, 1.82) is 0 Å². The first-order chi connectivity index (χ1) is 19.0. The summed E-state index contributed by atoms with van der Waals surface area (Å²) < 4.78 is 32.2. The number of ether oxygens (including phenoxy) is 1. The molecule has 2 aromatic rings. The molecule has 8 nitrogen and oxygen atoms in total. The number of hydrogen-bond donors (Lipinski definition) is 1. The second-order valence-electron chi connectivity index (χ2n) is 10.8. The minimum Gasteiger partial charge on any atom is -0.497 e. The molecular formula is C31H45N3O5S. The normalized spacial score (nSPS) is 14.8. The average molecular weight is 572 g/mol. The number of methoxy groups -OCH3 is 1. The molecule has 0 spiro atoms. The Balaban J connectivity index is 1.79. The maximum absolute atomic E-state index is 13.7. The van der Waals surface area contributed by atoms with E-state index >= 15 is 0 Å². The lowest BCUT2D eigenvalue weighted by atomic mass is 9.95. The van der Waals surface area contributed by atoms with Crippen LogP contribution in [0.3, 0.4) is 0 Å². The summed E-state index contributed by atoms with van der Waals surface area (Å²) in [6.45, 7) is 6.21. The number of amides is 2. The monoisotopic (exact) mass is 571 g/mol. The standard InChI is InChI=1S/C31H45N3O5S/c1-6-28(31(36)32-26-15-8-7-9-16-26)33(22-25-14-11-17-27(21-25)39-4)30(35)19-12-20-34(40(5,37)38)29-18-10-13-23(2)24(29)3/h10-11,13-14,17-18,21,26,28H,6-9,12,15-16,19-20,22H2,1-5H3,(H,32,36). The lowest BCUT2D eigenvalue weighted by molar-refractivity contribution is -0.141. The SMILES string of the molecule is CCC(C(=O)NC1CCCCC1)N(Cc1cccc(OC)c1)C(=O)CCCN(c1cccc(C)c1C)S(C)(=O)=O. The number of hydrogen-bond acceptors (Lipinski definition) is 5. The lowest BCUT2D eigenvalue weighted by Gasteiger charge is -2.33. The number of nitrogens with one attached hydrogen (secondary N) is 1. The van der Waals surface area contributed by atoms with Crippen molar-refractivity contribution < 1.29 is 22.7 Å². The molecule has 0 saturated heterocycles. The third-order valence-corrected chi connectivity index (χ3v) is 9.00. The third kappa shape index (κ3) is 8.46. The molecule has 1 atom stereocenters. The van der Waals surface area contributed by atoms with Crippen LogP contribution in [0, 0.1) is 13.8 Å². The number of carbonyl (C=O) groups excluding carboxylic acids is 2. The second kappa shape index (κ2) is 14.5. The first kappa shape index (κ1) is 31.5. The van der Waals surface area contributed by atoms with Crippen molar-refractivity contribution in [1.82, 2.24) is 10.2 Å². The quantitative estimate of drug-likeness (QED) is 0.360. The van der Waals surface area contributed by atoms with Gasteiger partial charge in [-0.3, -0.25) is 13.9 Å². The minimum absolute atomic E-state index is 0.119. The van der Waals surface area contributed by atoms with Crippen LogP contribution < -0.4 is 14.4 Å². The number of carbonyl (C=O) groups is 2. The Bertz CT molecular complexity index is 1260. The maximum Gasteiger partial charge on any atom is 0.243 e. The van der Waals surface area contributed by atoms with Gasteiger partial charge in [0.05, 0.1) is 19.1 Å². The van der Waals surface area contributed by atoms with Crippen LogP contribution in [-0.2, 0) is 26.2 Å². The van der Waals surface area contributed by atoms with Crippen molar-refractivity contribution >= 4 is 27.5 Å². The molecule has 2 aromatic carbocycles. The Morgan fingerprint density at radius 1 is 1.07 bits per heavy atom. The van der Waals surface area contributed by atoms with Gasteiger partial charge in [-0.1, -0.05) is 50.5 Å². The van der Waals surface area contributed by atoms with Crippen LogP contribution in [-0.4, -0.2) is 57.1 Å². The molecule has 220 valence electrons. The molecule has 0 heterocycles. The molecule has 0 aromatic heterocycles. The highest BCUT2D eigenvalue weighted by atomic mass is 32.2. The Hall–Kier alpha value is -3.07. The number of aryl methyl sites for hydroxylation is 1. The first-order valence-electron chi connectivity index (χ1n) is 14.3. The third-order valence-electron chi connectivity index (χ3n) is 7.82. The Morgan fingerprint density at radius 3 is 2.42 bits per heavy atom. The van der Waals surface area contributed by atoms with Crippen molar-refractivity contribution in [2.24, 2.45) is 0 Å². The molecule has 1 N–H and O–H groups in total. The number of benzene rings is 2. The molecule has 1 aliphatic rings. The molecule has 0 bridgehead atoms. The number of nitrogens with zero attached hydrogens (tertiary/aromatic N) is 2. The van der Waals surface area contributed by atoms with Gasteiger partial charge in [0.25, 0.3) is 0 Å². The van der Waals surface area contributed by atoms with E-state index in [1.165, 1.54) is 17.0 Å². The summed E-state index contributed by atoms with van der Waals surface area (Å²) in [6, 6.07) is 12.6. The molecule has 0 aliphatic heterocycles. The fourth-order valence-corrected chi connectivity index (χ4v) is 6.44. The van der Waals surface area contributed by atoms with Crippen molar-refractivity contribution in [2.45, 2.75) is 90.8 Å². The highest BCUT2D eigenvalue weighted by Crippen LogP contribution is 2.26. The lowest BCUT2D eigenvalue weighted by Crippen LogP contribution is -2.51. The van der Waals surface area contributed by atoms with Crippen LogP contribution in [0.5, 0.6) is 5.75 Å². The summed E-state index contributed by atoms with van der Waals surface area (Å²) in [5.41, 5.74) is 3.39. The number of anilines is 1. The molecule has 1 saturated carbocycles. The van der Waals surface area contributed by atoms with Gasteiger partial charge in [0.15, 0.2) is 0 Å². The van der Waals surface area contributed by atoms with Gasteiger partial charge in [0.1, 0.15) is 11.8 Å². The fraction of sp³-hybridized carbons (Fsp3) is 0.548. The predicted octanol–water partition coefficient (Wildman–Crippen LogP) is 5.11. The maximum atomic E-state index is 13.7. The van der Waals surface area contributed by atoms with E-state index in [1.54, 1.807) is 18.1 Å². The largest absolute Gasteiger partial charge is 0.497 e. The Kier molecular flexibility index (Phi) is 11.4. The van der Waals surface area contributed by atoms with Gasteiger partial charge in [0, 0.05) is 25.6 Å². The zero-order chi connectivity index (χ0) is 29.3. The number of sulfonamides is 1. The average Bonchev–Trinajstić information content (AvgIpc) is 2.92. The molecule has 9 heteroatoms. The van der Waals surface area contributed by atoms with Crippen LogP contribution in [0.1, 0.15) is 75.0 Å². The van der Waals surface area contributed by atoms with Crippen molar-refractivity contribution in [3.05, 3.63) is 59.2 Å². The van der Waals surface area contributed by atoms with E-state index < -0.39 is 16.1 Å². The van der Waals surface area contributed by atoms with Crippen LogP contribution >= 0.6 is 0 Å². The van der Waals surface area contributed by atoms with Gasteiger partial charge in [-0.2, -0.15) is 0 Å². The molecular weight excluding hydrogens is 526 g/mol. The van der Waals surface area contributed by atoms with E-state index in [4.69, 9.17) is 4.74 Å². The zero-order valence-corrected chi connectivity index (χ0v) is 25.4. The zero-order valence-electron chi connectivity index (χ0n) is 24.6. The van der Waals surface area contributed by atoms with Gasteiger partial charge < -0.3 is 15.0 Å². The first-order valence-corrected chi connectivity index (χ1v) is 16.2. The summed E-state index contributed by atoms with van der Waals surface area (Å²) in [5.74, 6) is 0.378. The van der Waals surface area contributed by atoms with Gasteiger partial charge >= 0.3 is 0 Å². The summed E-state index contributed by atoms with van der Waals surface area (Å²) in [5, 5.41) is 3.20. The molecule has 1 fully saturated rings. The van der Waals surface area contributed by atoms with E-state index in [9.17, 15) is 18.0 Å². The molecule has 3 rings (SSSR count). The highest BCUT2D eigenvalue weighted by Gasteiger charge is 2.30. The van der Waals surface area contributed by atoms with Crippen molar-refractivity contribution in [3.8, 4) is 5.75 Å². The molecule has 1 aliphatic carbocycles. The Morgan fingerprint density at radius 2 is 1.77 bits per heavy atom. The Labute approximate surface area is 240 Å². The smallest absolute Gasteiger partial charge is 0.243 e. The molecule has 0 radical (unpaired) electrons. The topological polar surface area (TPSA) is 96.0 Å². The predicted molar refractivity (Wildman–Crippen MR) is 160 cm³/mol. The summed E-state index contributed by atoms with van der Waals surface area (Å²) in [4.78, 5) is 28.8. The van der Waals surface area contributed by atoms with Crippen LogP contribution in [0.2, 0.25) is 0 Å². The van der Waals surface area contributed by atoms with Crippen LogP contribution in [0.15, 0.2) is 42.5 Å². The number of rotatable bonds is 13. The van der Waals surface area contributed by atoms with Gasteiger partial charge in [-0.25, -0.2) is 8.42 Å². The summed E-state index contributed by atoms with van der Waals surface area (Å²) in [7, 11) is -1.96. The van der Waals surface area contributed by atoms with E-state index in [2.05, 4.69) is 5.32 Å². The fourth-order valence-electron chi connectivity index (χ4n) is 5.42. The van der Waals surface area contributed by atoms with E-state index in [0.29, 0.717) is 24.3 Å².